The second kappa shape index (κ2) is 7.57. The quantitative estimate of drug-likeness (QED) is 0.741. The maximum atomic E-state index is 12.8. The Kier molecular flexibility index (Phi) is 4.75. The molecular weight excluding hydrogens is 384 g/mol. The molecule has 1 atom stereocenters. The van der Waals surface area contributed by atoms with Gasteiger partial charge in [-0.25, -0.2) is 0 Å². The topological polar surface area (TPSA) is 84.9 Å². The van der Waals surface area contributed by atoms with Gasteiger partial charge in [-0.3, -0.25) is 19.3 Å². The molecule has 2 heterocycles. The molecule has 30 heavy (non-hydrogen) atoms. The van der Waals surface area contributed by atoms with Gasteiger partial charge in [0.05, 0.1) is 23.8 Å². The van der Waals surface area contributed by atoms with Gasteiger partial charge in [0.15, 0.2) is 0 Å². The van der Waals surface area contributed by atoms with E-state index < -0.39 is 0 Å². The number of ether oxygens (including phenoxy) is 2. The van der Waals surface area contributed by atoms with Crippen LogP contribution in [0.2, 0.25) is 0 Å². The van der Waals surface area contributed by atoms with Gasteiger partial charge in [0.25, 0.3) is 11.8 Å². The Balaban J connectivity index is 1.27. The molecule has 5 rings (SSSR count). The van der Waals surface area contributed by atoms with Crippen molar-refractivity contribution in [2.24, 2.45) is 5.92 Å². The van der Waals surface area contributed by atoms with Crippen LogP contribution in [0.1, 0.15) is 46.4 Å². The number of hydrogen-bond donors (Lipinski definition) is 1. The molecule has 0 unspecified atom stereocenters. The lowest BCUT2D eigenvalue weighted by Gasteiger charge is -2.17. The van der Waals surface area contributed by atoms with Crippen LogP contribution < -0.4 is 10.1 Å². The van der Waals surface area contributed by atoms with E-state index in [0.29, 0.717) is 29.2 Å². The highest BCUT2D eigenvalue weighted by atomic mass is 16.5. The summed E-state index contributed by atoms with van der Waals surface area (Å²) in [7, 11) is 0. The summed E-state index contributed by atoms with van der Waals surface area (Å²) in [6, 6.07) is 12.0. The Bertz CT molecular complexity index is 1010. The average Bonchev–Trinajstić information content (AvgIpc) is 3.44. The van der Waals surface area contributed by atoms with E-state index in [4.69, 9.17) is 9.47 Å². The van der Waals surface area contributed by atoms with Gasteiger partial charge in [0.1, 0.15) is 11.5 Å². The fourth-order valence-corrected chi connectivity index (χ4v) is 3.82. The maximum absolute atomic E-state index is 12.8. The van der Waals surface area contributed by atoms with Gasteiger partial charge < -0.3 is 14.8 Å². The molecule has 3 amide bonds. The van der Waals surface area contributed by atoms with Gasteiger partial charge >= 0.3 is 0 Å². The SMILES string of the molecule is O=C(Nc1ccc(Oc2ccc3c(c2)C(=O)N(C[C@H]2CCCO2)C3=O)cc1)C1CC1. The van der Waals surface area contributed by atoms with Crippen LogP contribution in [0.3, 0.4) is 0 Å². The van der Waals surface area contributed by atoms with Crippen LogP contribution in [-0.2, 0) is 9.53 Å². The summed E-state index contributed by atoms with van der Waals surface area (Å²) < 4.78 is 11.4. The van der Waals surface area contributed by atoms with Crippen LogP contribution in [-0.4, -0.2) is 41.9 Å². The van der Waals surface area contributed by atoms with Crippen LogP contribution in [0.25, 0.3) is 0 Å². The van der Waals surface area contributed by atoms with Crippen molar-refractivity contribution in [1.29, 1.82) is 0 Å². The van der Waals surface area contributed by atoms with Crippen molar-refractivity contribution >= 4 is 23.4 Å². The number of carbonyl (C=O) groups is 3. The van der Waals surface area contributed by atoms with Crippen molar-refractivity contribution in [3.63, 3.8) is 0 Å². The number of amides is 3. The fourth-order valence-electron chi connectivity index (χ4n) is 3.82. The number of imide groups is 1. The van der Waals surface area contributed by atoms with E-state index in [1.54, 1.807) is 42.5 Å². The molecule has 2 fully saturated rings. The van der Waals surface area contributed by atoms with Crippen molar-refractivity contribution in [2.45, 2.75) is 31.8 Å². The van der Waals surface area contributed by atoms with Crippen molar-refractivity contribution in [2.75, 3.05) is 18.5 Å². The minimum atomic E-state index is -0.311. The predicted molar refractivity (Wildman–Crippen MR) is 109 cm³/mol. The molecule has 0 radical (unpaired) electrons. The van der Waals surface area contributed by atoms with Gasteiger partial charge in [-0.1, -0.05) is 0 Å². The third kappa shape index (κ3) is 3.68. The summed E-state index contributed by atoms with van der Waals surface area (Å²) in [6.45, 7) is 0.964. The number of anilines is 1. The first kappa shape index (κ1) is 18.8. The minimum absolute atomic E-state index is 0.0537. The molecule has 1 saturated carbocycles. The third-order valence-corrected chi connectivity index (χ3v) is 5.66. The van der Waals surface area contributed by atoms with E-state index in [2.05, 4.69) is 5.32 Å². The van der Waals surface area contributed by atoms with Crippen molar-refractivity contribution in [1.82, 2.24) is 4.90 Å². The van der Waals surface area contributed by atoms with E-state index in [1.165, 1.54) is 4.90 Å². The molecule has 0 aromatic heterocycles. The van der Waals surface area contributed by atoms with E-state index in [9.17, 15) is 14.4 Å². The Labute approximate surface area is 174 Å². The van der Waals surface area contributed by atoms with Gasteiger partial charge in [-0.2, -0.15) is 0 Å². The summed E-state index contributed by atoms with van der Waals surface area (Å²) >= 11 is 0. The van der Waals surface area contributed by atoms with Gasteiger partial charge in [-0.05, 0) is 68.1 Å². The fraction of sp³-hybridized carbons (Fsp3) is 0.348. The first-order chi connectivity index (χ1) is 14.6. The van der Waals surface area contributed by atoms with Crippen molar-refractivity contribution in [3.05, 3.63) is 53.6 Å². The highest BCUT2D eigenvalue weighted by Crippen LogP contribution is 2.32. The third-order valence-electron chi connectivity index (χ3n) is 5.66. The minimum Gasteiger partial charge on any atom is -0.457 e. The highest BCUT2D eigenvalue weighted by molar-refractivity contribution is 6.21. The average molecular weight is 406 g/mol. The lowest BCUT2D eigenvalue weighted by molar-refractivity contribution is -0.117. The summed E-state index contributed by atoms with van der Waals surface area (Å²) in [5, 5.41) is 2.88. The van der Waals surface area contributed by atoms with Gasteiger partial charge in [-0.15, -0.1) is 0 Å². The lowest BCUT2D eigenvalue weighted by atomic mass is 10.1. The van der Waals surface area contributed by atoms with Gasteiger partial charge in [0.2, 0.25) is 5.91 Å². The number of benzene rings is 2. The molecule has 3 aliphatic rings. The Morgan fingerprint density at radius 3 is 2.43 bits per heavy atom. The van der Waals surface area contributed by atoms with E-state index >= 15 is 0 Å². The predicted octanol–water partition coefficient (Wildman–Crippen LogP) is 3.60. The molecular formula is C23H22N2O5. The summed E-state index contributed by atoms with van der Waals surface area (Å²) in [5.74, 6) is 0.656. The van der Waals surface area contributed by atoms with Gasteiger partial charge in [0, 0.05) is 18.2 Å². The monoisotopic (exact) mass is 406 g/mol. The van der Waals surface area contributed by atoms with Crippen molar-refractivity contribution < 1.29 is 23.9 Å². The molecule has 154 valence electrons. The molecule has 7 heteroatoms. The second-order valence-electron chi connectivity index (χ2n) is 7.95. The van der Waals surface area contributed by atoms with Crippen LogP contribution >= 0.6 is 0 Å². The number of rotatable bonds is 6. The molecule has 2 aromatic rings. The normalized spacial score (nSPS) is 20.4. The van der Waals surface area contributed by atoms with E-state index in [1.807, 2.05) is 0 Å². The molecule has 0 bridgehead atoms. The first-order valence-electron chi connectivity index (χ1n) is 10.3. The van der Waals surface area contributed by atoms with E-state index in [-0.39, 0.29) is 36.3 Å². The zero-order valence-corrected chi connectivity index (χ0v) is 16.4. The first-order valence-corrected chi connectivity index (χ1v) is 10.3. The highest BCUT2D eigenvalue weighted by Gasteiger charge is 2.37. The Morgan fingerprint density at radius 2 is 1.73 bits per heavy atom. The molecule has 1 saturated heterocycles. The number of nitrogens with one attached hydrogen (secondary N) is 1. The number of fused-ring (bicyclic) bond motifs is 1. The summed E-state index contributed by atoms with van der Waals surface area (Å²) in [6.07, 6.45) is 3.64. The molecule has 7 nitrogen and oxygen atoms in total. The summed E-state index contributed by atoms with van der Waals surface area (Å²) in [4.78, 5) is 38.5. The maximum Gasteiger partial charge on any atom is 0.261 e. The number of carbonyl (C=O) groups excluding carboxylic acids is 3. The molecule has 2 aliphatic heterocycles. The van der Waals surface area contributed by atoms with Crippen molar-refractivity contribution in [3.8, 4) is 11.5 Å². The number of nitrogens with zero attached hydrogens (tertiary/aromatic N) is 1. The van der Waals surface area contributed by atoms with Crippen LogP contribution in [0.5, 0.6) is 11.5 Å². The van der Waals surface area contributed by atoms with Crippen LogP contribution in [0.4, 0.5) is 5.69 Å². The smallest absolute Gasteiger partial charge is 0.261 e. The summed E-state index contributed by atoms with van der Waals surface area (Å²) in [5.41, 5.74) is 1.46. The molecule has 0 spiro atoms. The largest absolute Gasteiger partial charge is 0.457 e. The van der Waals surface area contributed by atoms with Crippen LogP contribution in [0, 0.1) is 5.92 Å². The lowest BCUT2D eigenvalue weighted by Crippen LogP contribution is -2.36. The van der Waals surface area contributed by atoms with Crippen LogP contribution in [0.15, 0.2) is 42.5 Å². The zero-order valence-electron chi connectivity index (χ0n) is 16.4. The second-order valence-corrected chi connectivity index (χ2v) is 7.95. The standard InChI is InChI=1S/C23H22N2O5/c26-21(14-3-4-14)24-15-5-7-16(8-6-15)30-17-9-10-19-20(12-17)23(28)25(22(19)27)13-18-2-1-11-29-18/h5-10,12,14,18H,1-4,11,13H2,(H,24,26)/t18-/m1/s1. The Hall–Kier alpha value is -3.19. The number of hydrogen-bond acceptors (Lipinski definition) is 5. The van der Waals surface area contributed by atoms with E-state index in [0.717, 1.165) is 31.4 Å². The Morgan fingerprint density at radius 1 is 1.00 bits per heavy atom. The molecule has 1 aliphatic carbocycles. The molecule has 1 N–H and O–H groups in total. The molecule has 2 aromatic carbocycles. The zero-order chi connectivity index (χ0) is 20.7.